The summed E-state index contributed by atoms with van der Waals surface area (Å²) in [5.41, 5.74) is 6.43. The van der Waals surface area contributed by atoms with Gasteiger partial charge in [-0.3, -0.25) is 0 Å². The van der Waals surface area contributed by atoms with Gasteiger partial charge in [0.05, 0.1) is 6.10 Å². The molecule has 6 heteroatoms. The maximum absolute atomic E-state index is 5.98. The van der Waals surface area contributed by atoms with Crippen LogP contribution in [0, 0.1) is 0 Å². The van der Waals surface area contributed by atoms with Gasteiger partial charge in [0, 0.05) is 6.20 Å². The number of anilines is 1. The second-order valence-corrected chi connectivity index (χ2v) is 4.84. The number of hydrogen-bond donors (Lipinski definition) is 1. The Kier molecular flexibility index (Phi) is 3.99. The molecule has 5 nitrogen and oxygen atoms in total. The first-order valence-electron chi connectivity index (χ1n) is 5.53. The molecule has 0 aliphatic carbocycles. The molecule has 0 unspecified atom stereocenters. The summed E-state index contributed by atoms with van der Waals surface area (Å²) in [6.45, 7) is 3.85. The van der Waals surface area contributed by atoms with Gasteiger partial charge in [0.2, 0.25) is 5.88 Å². The first-order chi connectivity index (χ1) is 8.66. The fourth-order valence-corrected chi connectivity index (χ4v) is 2.02. The Hall–Kier alpha value is -1.82. The van der Waals surface area contributed by atoms with Gasteiger partial charge in [-0.25, -0.2) is 9.97 Å². The standard InChI is InChI=1S/C12H14N4OS/c1-8(2)17-11-10(13)12(16-7-15-11)18-9-5-3-4-6-14-9/h3-8H,13H2,1-2H3. The van der Waals surface area contributed by atoms with Gasteiger partial charge >= 0.3 is 0 Å². The fourth-order valence-electron chi connectivity index (χ4n) is 1.27. The third kappa shape index (κ3) is 3.10. The summed E-state index contributed by atoms with van der Waals surface area (Å²) in [5.74, 6) is 0.415. The molecule has 2 heterocycles. The van der Waals surface area contributed by atoms with E-state index in [1.54, 1.807) is 6.20 Å². The van der Waals surface area contributed by atoms with Gasteiger partial charge < -0.3 is 10.5 Å². The molecule has 0 aromatic carbocycles. The van der Waals surface area contributed by atoms with Crippen LogP contribution in [-0.2, 0) is 0 Å². The number of nitrogen functional groups attached to an aromatic ring is 1. The number of pyridine rings is 1. The number of nitrogens with two attached hydrogens (primary N) is 1. The number of ether oxygens (including phenoxy) is 1. The zero-order valence-corrected chi connectivity index (χ0v) is 11.0. The molecule has 0 atom stereocenters. The van der Waals surface area contributed by atoms with Crippen molar-refractivity contribution in [3.8, 4) is 5.88 Å². The molecule has 94 valence electrons. The number of nitrogens with zero attached hydrogens (tertiary/aromatic N) is 3. The van der Waals surface area contributed by atoms with Crippen molar-refractivity contribution in [1.29, 1.82) is 0 Å². The zero-order chi connectivity index (χ0) is 13.0. The Labute approximate surface area is 110 Å². The lowest BCUT2D eigenvalue weighted by Crippen LogP contribution is -2.10. The van der Waals surface area contributed by atoms with Gasteiger partial charge in [-0.15, -0.1) is 0 Å². The van der Waals surface area contributed by atoms with E-state index in [9.17, 15) is 0 Å². The van der Waals surface area contributed by atoms with Crippen LogP contribution < -0.4 is 10.5 Å². The highest BCUT2D eigenvalue weighted by Gasteiger charge is 2.12. The SMILES string of the molecule is CC(C)Oc1ncnc(Sc2ccccn2)c1N. The molecule has 18 heavy (non-hydrogen) atoms. The van der Waals surface area contributed by atoms with Gasteiger partial charge in [-0.05, 0) is 37.7 Å². The summed E-state index contributed by atoms with van der Waals surface area (Å²) in [6.07, 6.45) is 3.19. The Bertz CT molecular complexity index is 519. The highest BCUT2D eigenvalue weighted by molar-refractivity contribution is 7.99. The molecule has 0 aliphatic heterocycles. The fraction of sp³-hybridized carbons (Fsp3) is 0.250. The maximum atomic E-state index is 5.98. The lowest BCUT2D eigenvalue weighted by Gasteiger charge is -2.12. The van der Waals surface area contributed by atoms with Gasteiger partial charge in [-0.1, -0.05) is 6.07 Å². The second kappa shape index (κ2) is 5.68. The van der Waals surface area contributed by atoms with Crippen molar-refractivity contribution in [3.63, 3.8) is 0 Å². The number of aromatic nitrogens is 3. The zero-order valence-electron chi connectivity index (χ0n) is 10.2. The lowest BCUT2D eigenvalue weighted by atomic mass is 10.4. The van der Waals surface area contributed by atoms with Crippen molar-refractivity contribution in [2.75, 3.05) is 5.73 Å². The van der Waals surface area contributed by atoms with Crippen LogP contribution in [0.15, 0.2) is 40.8 Å². The Morgan fingerprint density at radius 3 is 2.72 bits per heavy atom. The van der Waals surface area contributed by atoms with E-state index in [-0.39, 0.29) is 6.10 Å². The largest absolute Gasteiger partial charge is 0.473 e. The van der Waals surface area contributed by atoms with Gasteiger partial charge in [0.1, 0.15) is 22.1 Å². The third-order valence-electron chi connectivity index (χ3n) is 2.00. The highest BCUT2D eigenvalue weighted by atomic mass is 32.2. The average Bonchev–Trinajstić information content (AvgIpc) is 2.35. The molecule has 0 saturated carbocycles. The van der Waals surface area contributed by atoms with Gasteiger partial charge in [0.25, 0.3) is 0 Å². The van der Waals surface area contributed by atoms with E-state index in [1.165, 1.54) is 18.1 Å². The predicted molar refractivity (Wildman–Crippen MR) is 70.6 cm³/mol. The van der Waals surface area contributed by atoms with Gasteiger partial charge in [0.15, 0.2) is 0 Å². The van der Waals surface area contributed by atoms with Crippen LogP contribution in [0.1, 0.15) is 13.8 Å². The normalized spacial score (nSPS) is 10.6. The van der Waals surface area contributed by atoms with Crippen LogP contribution in [-0.4, -0.2) is 21.1 Å². The van der Waals surface area contributed by atoms with E-state index >= 15 is 0 Å². The van der Waals surface area contributed by atoms with Crippen molar-refractivity contribution in [2.45, 2.75) is 30.0 Å². The topological polar surface area (TPSA) is 73.9 Å². The van der Waals surface area contributed by atoms with Crippen LogP contribution in [0.25, 0.3) is 0 Å². The molecule has 2 aromatic heterocycles. The third-order valence-corrected chi connectivity index (χ3v) is 2.97. The second-order valence-electron chi connectivity index (χ2n) is 3.83. The molecular weight excluding hydrogens is 248 g/mol. The van der Waals surface area contributed by atoms with Crippen LogP contribution in [0.4, 0.5) is 5.69 Å². The number of rotatable bonds is 4. The molecule has 0 bridgehead atoms. The molecule has 0 amide bonds. The van der Waals surface area contributed by atoms with Crippen molar-refractivity contribution in [2.24, 2.45) is 0 Å². The Morgan fingerprint density at radius 2 is 2.06 bits per heavy atom. The quantitative estimate of drug-likeness (QED) is 0.853. The predicted octanol–water partition coefficient (Wildman–Crippen LogP) is 2.39. The minimum Gasteiger partial charge on any atom is -0.473 e. The molecule has 0 aliphatic rings. The van der Waals surface area contributed by atoms with E-state index in [0.717, 1.165) is 5.03 Å². The maximum Gasteiger partial charge on any atom is 0.241 e. The molecule has 0 saturated heterocycles. The van der Waals surface area contributed by atoms with Crippen molar-refractivity contribution >= 4 is 17.4 Å². The van der Waals surface area contributed by atoms with Crippen LogP contribution in [0.2, 0.25) is 0 Å². The summed E-state index contributed by atoms with van der Waals surface area (Å²) >= 11 is 1.39. The van der Waals surface area contributed by atoms with Crippen molar-refractivity contribution in [3.05, 3.63) is 30.7 Å². The molecule has 0 radical (unpaired) electrons. The summed E-state index contributed by atoms with van der Waals surface area (Å²) in [7, 11) is 0. The van der Waals surface area contributed by atoms with E-state index in [0.29, 0.717) is 16.6 Å². The summed E-state index contributed by atoms with van der Waals surface area (Å²) < 4.78 is 5.51. The van der Waals surface area contributed by atoms with Crippen molar-refractivity contribution in [1.82, 2.24) is 15.0 Å². The average molecular weight is 262 g/mol. The van der Waals surface area contributed by atoms with Crippen LogP contribution in [0.3, 0.4) is 0 Å². The molecular formula is C12H14N4OS. The summed E-state index contributed by atoms with van der Waals surface area (Å²) in [4.78, 5) is 12.4. The van der Waals surface area contributed by atoms with E-state index in [1.807, 2.05) is 32.0 Å². The first kappa shape index (κ1) is 12.6. The van der Waals surface area contributed by atoms with Gasteiger partial charge in [-0.2, -0.15) is 4.98 Å². The van der Waals surface area contributed by atoms with E-state index in [2.05, 4.69) is 15.0 Å². The van der Waals surface area contributed by atoms with Crippen LogP contribution in [0.5, 0.6) is 5.88 Å². The highest BCUT2D eigenvalue weighted by Crippen LogP contribution is 2.32. The van der Waals surface area contributed by atoms with E-state index < -0.39 is 0 Å². The molecule has 2 rings (SSSR count). The summed E-state index contributed by atoms with van der Waals surface area (Å²) in [6, 6.07) is 5.67. The molecule has 2 aromatic rings. The number of hydrogen-bond acceptors (Lipinski definition) is 6. The molecule has 0 spiro atoms. The minimum absolute atomic E-state index is 0.0231. The molecule has 0 fully saturated rings. The Morgan fingerprint density at radius 1 is 1.22 bits per heavy atom. The van der Waals surface area contributed by atoms with Crippen molar-refractivity contribution < 1.29 is 4.74 Å². The van der Waals surface area contributed by atoms with Crippen LogP contribution >= 0.6 is 11.8 Å². The smallest absolute Gasteiger partial charge is 0.241 e. The first-order valence-corrected chi connectivity index (χ1v) is 6.34. The minimum atomic E-state index is 0.0231. The molecule has 2 N–H and O–H groups in total. The Balaban J connectivity index is 2.23. The summed E-state index contributed by atoms with van der Waals surface area (Å²) in [5, 5.41) is 1.48. The lowest BCUT2D eigenvalue weighted by molar-refractivity contribution is 0.233. The monoisotopic (exact) mass is 262 g/mol. The van der Waals surface area contributed by atoms with E-state index in [4.69, 9.17) is 10.5 Å².